The van der Waals surface area contributed by atoms with Crippen molar-refractivity contribution in [2.45, 2.75) is 6.92 Å². The Morgan fingerprint density at radius 3 is 2.50 bits per heavy atom. The van der Waals surface area contributed by atoms with Crippen LogP contribution in [0.5, 0.6) is 0 Å². The molecule has 0 rings (SSSR count). The van der Waals surface area contributed by atoms with Crippen molar-refractivity contribution in [2.24, 2.45) is 11.7 Å². The third-order valence-electron chi connectivity index (χ3n) is 0.829. The highest BCUT2D eigenvalue weighted by Crippen LogP contribution is 1.91. The van der Waals surface area contributed by atoms with Gasteiger partial charge in [-0.2, -0.15) is 0 Å². The van der Waals surface area contributed by atoms with Crippen LogP contribution in [-0.4, -0.2) is 21.1 Å². The van der Waals surface area contributed by atoms with E-state index in [9.17, 15) is 4.21 Å². The van der Waals surface area contributed by atoms with Gasteiger partial charge in [-0.25, -0.2) is 4.21 Å². The lowest BCUT2D eigenvalue weighted by molar-refractivity contribution is 0.545. The van der Waals surface area contributed by atoms with Crippen molar-refractivity contribution in [1.29, 1.82) is 0 Å². The lowest BCUT2D eigenvalue weighted by atomic mass is 10.2. The van der Waals surface area contributed by atoms with Crippen molar-refractivity contribution < 1.29 is 8.76 Å². The van der Waals surface area contributed by atoms with Crippen molar-refractivity contribution in [1.82, 2.24) is 0 Å². The third kappa shape index (κ3) is 4.23. The Balaban J connectivity index is 3.24. The molecule has 0 saturated heterocycles. The van der Waals surface area contributed by atoms with Crippen LogP contribution in [0, 0.1) is 5.92 Å². The van der Waals surface area contributed by atoms with Gasteiger partial charge in [-0.15, -0.1) is 0 Å². The molecule has 3 nitrogen and oxygen atoms in total. The summed E-state index contributed by atoms with van der Waals surface area (Å²) in [4.78, 5) is 0. The molecule has 0 fully saturated rings. The van der Waals surface area contributed by atoms with Gasteiger partial charge in [-0.05, 0) is 12.5 Å². The number of hydrogen-bond donors (Lipinski definition) is 2. The number of nitrogens with two attached hydrogens (primary N) is 1. The first-order chi connectivity index (χ1) is 3.66. The Bertz CT molecular complexity index is 86.1. The molecule has 3 N–H and O–H groups in total. The summed E-state index contributed by atoms with van der Waals surface area (Å²) in [6, 6.07) is 0. The monoisotopic (exact) mass is 137 g/mol. The normalized spacial score (nSPS) is 17.9. The lowest BCUT2D eigenvalue weighted by Crippen LogP contribution is -2.16. The van der Waals surface area contributed by atoms with Crippen LogP contribution >= 0.6 is 0 Å². The van der Waals surface area contributed by atoms with E-state index in [1.54, 1.807) is 0 Å². The Labute approximate surface area is 51.6 Å². The first kappa shape index (κ1) is 8.07. The fourth-order valence-corrected chi connectivity index (χ4v) is 0.934. The van der Waals surface area contributed by atoms with E-state index in [-0.39, 0.29) is 11.7 Å². The summed E-state index contributed by atoms with van der Waals surface area (Å²) in [6.45, 7) is 2.32. The number of hydrogen-bond acceptors (Lipinski definition) is 2. The fourth-order valence-electron chi connectivity index (χ4n) is 0.311. The zero-order valence-corrected chi connectivity index (χ0v) is 5.65. The molecule has 0 saturated carbocycles. The Hall–Kier alpha value is 0.0700. The van der Waals surface area contributed by atoms with E-state index in [1.807, 2.05) is 6.92 Å². The second-order valence-electron chi connectivity index (χ2n) is 1.83. The van der Waals surface area contributed by atoms with Crippen LogP contribution in [0.25, 0.3) is 0 Å². The number of rotatable bonds is 3. The Morgan fingerprint density at radius 1 is 1.88 bits per heavy atom. The minimum absolute atomic E-state index is 0.154. The topological polar surface area (TPSA) is 63.3 Å². The van der Waals surface area contributed by atoms with Crippen LogP contribution in [0.1, 0.15) is 6.92 Å². The summed E-state index contributed by atoms with van der Waals surface area (Å²) in [5.74, 6) is 0.442. The average molecular weight is 137 g/mol. The molecule has 50 valence electrons. The molecule has 8 heavy (non-hydrogen) atoms. The predicted octanol–water partition coefficient (Wildman–Crippen LogP) is -0.197. The zero-order chi connectivity index (χ0) is 6.57. The highest BCUT2D eigenvalue weighted by molar-refractivity contribution is 7.79. The molecule has 2 unspecified atom stereocenters. The molecule has 0 amide bonds. The maximum absolute atomic E-state index is 10.0. The maximum atomic E-state index is 10.0. The van der Waals surface area contributed by atoms with Crippen molar-refractivity contribution in [3.05, 3.63) is 0 Å². The predicted molar refractivity (Wildman–Crippen MR) is 33.9 cm³/mol. The SMILES string of the molecule is CC(CN)CS(=O)O. The first-order valence-electron chi connectivity index (χ1n) is 2.44. The van der Waals surface area contributed by atoms with Gasteiger partial charge in [0, 0.05) is 0 Å². The van der Waals surface area contributed by atoms with E-state index in [4.69, 9.17) is 10.3 Å². The Kier molecular flexibility index (Phi) is 4.03. The minimum atomic E-state index is -1.68. The second-order valence-corrected chi connectivity index (χ2v) is 2.81. The van der Waals surface area contributed by atoms with Crippen LogP contribution < -0.4 is 5.73 Å². The largest absolute Gasteiger partial charge is 0.330 e. The maximum Gasteiger partial charge on any atom is 0.153 e. The smallest absolute Gasteiger partial charge is 0.153 e. The molecule has 2 atom stereocenters. The van der Waals surface area contributed by atoms with Crippen LogP contribution in [-0.2, 0) is 11.1 Å². The summed E-state index contributed by atoms with van der Waals surface area (Å²) in [5, 5.41) is 0. The van der Waals surface area contributed by atoms with Crippen LogP contribution in [0.2, 0.25) is 0 Å². The zero-order valence-electron chi connectivity index (χ0n) is 4.83. The summed E-state index contributed by atoms with van der Waals surface area (Å²) in [7, 11) is 0. The average Bonchev–Trinajstić information content (AvgIpc) is 1.65. The minimum Gasteiger partial charge on any atom is -0.330 e. The quantitative estimate of drug-likeness (QED) is 0.530. The molecule has 0 aromatic rings. The van der Waals surface area contributed by atoms with Crippen molar-refractivity contribution >= 4 is 11.1 Å². The molecular weight excluding hydrogens is 126 g/mol. The van der Waals surface area contributed by atoms with Gasteiger partial charge in [0.2, 0.25) is 0 Å². The lowest BCUT2D eigenvalue weighted by Gasteiger charge is -2.01. The van der Waals surface area contributed by atoms with E-state index in [2.05, 4.69) is 0 Å². The van der Waals surface area contributed by atoms with Gasteiger partial charge in [0.15, 0.2) is 11.1 Å². The molecule has 0 aromatic carbocycles. The van der Waals surface area contributed by atoms with E-state index >= 15 is 0 Å². The molecular formula is C4H11NO2S. The molecule has 4 heteroatoms. The van der Waals surface area contributed by atoms with Crippen LogP contribution in [0.4, 0.5) is 0 Å². The molecule has 0 spiro atoms. The first-order valence-corrected chi connectivity index (χ1v) is 3.72. The van der Waals surface area contributed by atoms with E-state index in [0.717, 1.165) is 0 Å². The van der Waals surface area contributed by atoms with Gasteiger partial charge < -0.3 is 10.3 Å². The molecule has 0 heterocycles. The highest BCUT2D eigenvalue weighted by Gasteiger charge is 2.01. The molecule has 0 aromatic heterocycles. The van der Waals surface area contributed by atoms with Gasteiger partial charge in [0.05, 0.1) is 5.75 Å². The summed E-state index contributed by atoms with van der Waals surface area (Å²) < 4.78 is 18.3. The third-order valence-corrected chi connectivity index (χ3v) is 1.68. The van der Waals surface area contributed by atoms with Gasteiger partial charge in [0.25, 0.3) is 0 Å². The molecule has 0 bridgehead atoms. The summed E-state index contributed by atoms with van der Waals surface area (Å²) in [5.41, 5.74) is 5.17. The van der Waals surface area contributed by atoms with Gasteiger partial charge >= 0.3 is 0 Å². The molecule has 0 aliphatic rings. The molecule has 0 radical (unpaired) electrons. The van der Waals surface area contributed by atoms with Gasteiger partial charge in [-0.1, -0.05) is 6.92 Å². The van der Waals surface area contributed by atoms with Gasteiger partial charge in [0.1, 0.15) is 0 Å². The van der Waals surface area contributed by atoms with Crippen LogP contribution in [0.15, 0.2) is 0 Å². The second kappa shape index (κ2) is 4.00. The van der Waals surface area contributed by atoms with Crippen LogP contribution in [0.3, 0.4) is 0 Å². The van der Waals surface area contributed by atoms with E-state index in [0.29, 0.717) is 6.54 Å². The van der Waals surface area contributed by atoms with E-state index in [1.165, 1.54) is 0 Å². The van der Waals surface area contributed by atoms with E-state index < -0.39 is 11.1 Å². The van der Waals surface area contributed by atoms with Crippen molar-refractivity contribution in [3.63, 3.8) is 0 Å². The highest BCUT2D eigenvalue weighted by atomic mass is 32.2. The molecule has 0 aliphatic heterocycles. The standard InChI is InChI=1S/C4H11NO2S/c1-4(2-5)3-8(6)7/h4H,2-3,5H2,1H3,(H,6,7). The summed E-state index contributed by atoms with van der Waals surface area (Å²) >= 11 is -1.68. The van der Waals surface area contributed by atoms with Gasteiger partial charge in [-0.3, -0.25) is 0 Å². The molecule has 0 aliphatic carbocycles. The summed E-state index contributed by atoms with van der Waals surface area (Å²) in [6.07, 6.45) is 0. The van der Waals surface area contributed by atoms with Crippen molar-refractivity contribution in [2.75, 3.05) is 12.3 Å². The fraction of sp³-hybridized carbons (Fsp3) is 1.00. The Morgan fingerprint density at radius 2 is 2.38 bits per heavy atom. The van der Waals surface area contributed by atoms with Crippen molar-refractivity contribution in [3.8, 4) is 0 Å².